The third-order valence-electron chi connectivity index (χ3n) is 6.42. The summed E-state index contributed by atoms with van der Waals surface area (Å²) in [6.07, 6.45) is 0. The van der Waals surface area contributed by atoms with E-state index in [1.807, 2.05) is 26.0 Å². The molecule has 8 heteroatoms. The Labute approximate surface area is 218 Å². The highest BCUT2D eigenvalue weighted by Gasteiger charge is 2.20. The molecule has 5 rings (SSSR count). The van der Waals surface area contributed by atoms with Crippen LogP contribution in [-0.4, -0.2) is 24.7 Å². The highest BCUT2D eigenvalue weighted by Crippen LogP contribution is 2.32. The number of aryl methyl sites for hydroxylation is 3. The summed E-state index contributed by atoms with van der Waals surface area (Å²) in [5.74, 6) is 1.90. The number of fused-ring (bicyclic) bond motifs is 1. The molecule has 0 spiro atoms. The van der Waals surface area contributed by atoms with E-state index in [0.717, 1.165) is 43.1 Å². The van der Waals surface area contributed by atoms with Crippen molar-refractivity contribution in [3.8, 4) is 17.1 Å². The molecule has 1 N–H and O–H groups in total. The van der Waals surface area contributed by atoms with Crippen molar-refractivity contribution >= 4 is 33.3 Å². The Balaban J connectivity index is 1.54. The first-order chi connectivity index (χ1) is 17.1. The van der Waals surface area contributed by atoms with E-state index in [2.05, 4.69) is 83.8 Å². The lowest BCUT2D eigenvalue weighted by Gasteiger charge is -2.19. The third kappa shape index (κ3) is 4.51. The minimum atomic E-state index is -0.0857. The predicted octanol–water partition coefficient (Wildman–Crippen LogP) is 6.75. The zero-order valence-electron chi connectivity index (χ0n) is 21.3. The van der Waals surface area contributed by atoms with Gasteiger partial charge in [0.1, 0.15) is 10.7 Å². The molecule has 0 atom stereocenters. The number of benzene rings is 2. The number of para-hydroxylation sites is 1. The predicted molar refractivity (Wildman–Crippen MR) is 150 cm³/mol. The van der Waals surface area contributed by atoms with E-state index in [9.17, 15) is 4.79 Å². The van der Waals surface area contributed by atoms with Crippen LogP contribution in [0.15, 0.2) is 58.5 Å². The van der Waals surface area contributed by atoms with Gasteiger partial charge in [-0.1, -0.05) is 75.0 Å². The molecule has 3 aromatic heterocycles. The zero-order chi connectivity index (χ0) is 25.6. The molecule has 5 aromatic rings. The van der Waals surface area contributed by atoms with E-state index >= 15 is 0 Å². The van der Waals surface area contributed by atoms with Crippen LogP contribution in [-0.2, 0) is 11.2 Å². The summed E-state index contributed by atoms with van der Waals surface area (Å²) in [6.45, 7) is 12.7. The van der Waals surface area contributed by atoms with Crippen LogP contribution in [0.4, 0.5) is 0 Å². The molecule has 36 heavy (non-hydrogen) atoms. The van der Waals surface area contributed by atoms with Crippen molar-refractivity contribution < 1.29 is 0 Å². The summed E-state index contributed by atoms with van der Waals surface area (Å²) in [5, 5.41) is 10.6. The average molecular weight is 516 g/mol. The number of nitrogens with one attached hydrogen (secondary N) is 1. The Hall–Kier alpha value is -3.23. The molecular formula is C28H29N5OS2. The number of thioether (sulfide) groups is 1. The van der Waals surface area contributed by atoms with Crippen LogP contribution in [0.5, 0.6) is 0 Å². The highest BCUT2D eigenvalue weighted by molar-refractivity contribution is 7.98. The number of rotatable bonds is 5. The van der Waals surface area contributed by atoms with Gasteiger partial charge < -0.3 is 4.98 Å². The Morgan fingerprint density at radius 1 is 1.00 bits per heavy atom. The molecule has 0 unspecified atom stereocenters. The molecule has 0 aliphatic carbocycles. The van der Waals surface area contributed by atoms with Crippen molar-refractivity contribution in [3.05, 3.63) is 86.3 Å². The number of thiophene rings is 1. The Morgan fingerprint density at radius 2 is 1.72 bits per heavy atom. The van der Waals surface area contributed by atoms with Crippen LogP contribution in [0, 0.1) is 20.8 Å². The lowest BCUT2D eigenvalue weighted by atomic mass is 9.87. The molecule has 0 amide bonds. The van der Waals surface area contributed by atoms with Crippen molar-refractivity contribution in [2.45, 2.75) is 57.9 Å². The monoisotopic (exact) mass is 515 g/mol. The van der Waals surface area contributed by atoms with E-state index in [1.165, 1.54) is 17.3 Å². The second kappa shape index (κ2) is 9.33. The minimum absolute atomic E-state index is 0.0773. The largest absolute Gasteiger partial charge is 0.309 e. The minimum Gasteiger partial charge on any atom is -0.309 e. The summed E-state index contributed by atoms with van der Waals surface area (Å²) in [7, 11) is 0. The summed E-state index contributed by atoms with van der Waals surface area (Å²) < 4.78 is 2.10. The molecule has 0 aliphatic rings. The molecule has 3 heterocycles. The quantitative estimate of drug-likeness (QED) is 0.262. The van der Waals surface area contributed by atoms with Crippen molar-refractivity contribution in [2.24, 2.45) is 0 Å². The Kier molecular flexibility index (Phi) is 6.34. The van der Waals surface area contributed by atoms with Gasteiger partial charge in [-0.3, -0.25) is 9.36 Å². The number of nitrogens with zero attached hydrogens (tertiary/aromatic N) is 4. The van der Waals surface area contributed by atoms with Crippen molar-refractivity contribution in [2.75, 3.05) is 0 Å². The molecule has 0 saturated carbocycles. The molecule has 2 aromatic carbocycles. The van der Waals surface area contributed by atoms with E-state index in [0.29, 0.717) is 17.0 Å². The van der Waals surface area contributed by atoms with Crippen LogP contribution >= 0.6 is 23.1 Å². The fourth-order valence-electron chi connectivity index (χ4n) is 4.20. The second-order valence-electron chi connectivity index (χ2n) is 10.0. The van der Waals surface area contributed by atoms with Crippen LogP contribution < -0.4 is 5.56 Å². The summed E-state index contributed by atoms with van der Waals surface area (Å²) in [4.78, 5) is 22.3. The van der Waals surface area contributed by atoms with Crippen molar-refractivity contribution in [1.29, 1.82) is 0 Å². The Morgan fingerprint density at radius 3 is 2.42 bits per heavy atom. The van der Waals surface area contributed by atoms with Crippen LogP contribution in [0.1, 0.15) is 48.2 Å². The van der Waals surface area contributed by atoms with Gasteiger partial charge in [-0.05, 0) is 48.9 Å². The van der Waals surface area contributed by atoms with Gasteiger partial charge in [0.2, 0.25) is 0 Å². The van der Waals surface area contributed by atoms with Gasteiger partial charge in [-0.15, -0.1) is 21.5 Å². The van der Waals surface area contributed by atoms with Gasteiger partial charge in [0.05, 0.1) is 16.8 Å². The molecule has 0 radical (unpaired) electrons. The standard InChI is InChI=1S/C28H29N5OS2/c1-16-9-7-8-10-21(16)33-24(19-11-13-20(14-12-19)28(4,5)6)31-32-27(33)35-15-22-29-25(34)23-17(2)18(3)36-26(23)30-22/h7-14H,15H2,1-6H3,(H,29,30,34). The number of aromatic amines is 1. The molecule has 6 nitrogen and oxygen atoms in total. The molecule has 184 valence electrons. The SMILES string of the molecule is Cc1ccccc1-n1c(SCc2nc3sc(C)c(C)c3c(=O)[nH]2)nnc1-c1ccc(C(C)(C)C)cc1. The number of H-pyrrole nitrogens is 1. The average Bonchev–Trinajstić information content (AvgIpc) is 3.38. The van der Waals surface area contributed by atoms with E-state index < -0.39 is 0 Å². The maximum absolute atomic E-state index is 12.7. The zero-order valence-corrected chi connectivity index (χ0v) is 23.0. The van der Waals surface area contributed by atoms with E-state index in [-0.39, 0.29) is 11.0 Å². The molecule has 0 saturated heterocycles. The fraction of sp³-hybridized carbons (Fsp3) is 0.286. The van der Waals surface area contributed by atoms with Crippen LogP contribution in [0.3, 0.4) is 0 Å². The van der Waals surface area contributed by atoms with Crippen molar-refractivity contribution in [3.63, 3.8) is 0 Å². The van der Waals surface area contributed by atoms with Gasteiger partial charge in [0, 0.05) is 10.4 Å². The molecular weight excluding hydrogens is 486 g/mol. The second-order valence-corrected chi connectivity index (χ2v) is 12.2. The van der Waals surface area contributed by atoms with E-state index in [4.69, 9.17) is 4.98 Å². The van der Waals surface area contributed by atoms with Gasteiger partial charge in [0.15, 0.2) is 11.0 Å². The number of aromatic nitrogens is 5. The molecule has 0 fully saturated rings. The number of hydrogen-bond acceptors (Lipinski definition) is 6. The fourth-order valence-corrected chi connectivity index (χ4v) is 6.07. The lowest BCUT2D eigenvalue weighted by Crippen LogP contribution is -2.11. The summed E-state index contributed by atoms with van der Waals surface area (Å²) >= 11 is 3.08. The smallest absolute Gasteiger partial charge is 0.259 e. The highest BCUT2D eigenvalue weighted by atomic mass is 32.2. The topological polar surface area (TPSA) is 76.5 Å². The first-order valence-electron chi connectivity index (χ1n) is 11.9. The van der Waals surface area contributed by atoms with Gasteiger partial charge in [-0.25, -0.2) is 4.98 Å². The maximum atomic E-state index is 12.7. The van der Waals surface area contributed by atoms with Crippen molar-refractivity contribution in [1.82, 2.24) is 24.7 Å². The molecule has 0 aliphatic heterocycles. The van der Waals surface area contributed by atoms with Gasteiger partial charge in [0.25, 0.3) is 5.56 Å². The Bertz CT molecular complexity index is 1620. The lowest BCUT2D eigenvalue weighted by molar-refractivity contribution is 0.590. The number of hydrogen-bond donors (Lipinski definition) is 1. The van der Waals surface area contributed by atoms with Crippen LogP contribution in [0.25, 0.3) is 27.3 Å². The first-order valence-corrected chi connectivity index (χ1v) is 13.7. The van der Waals surface area contributed by atoms with Gasteiger partial charge in [-0.2, -0.15) is 0 Å². The summed E-state index contributed by atoms with van der Waals surface area (Å²) in [6, 6.07) is 16.8. The third-order valence-corrected chi connectivity index (χ3v) is 8.47. The first kappa shape index (κ1) is 24.5. The van der Waals surface area contributed by atoms with Crippen LogP contribution in [0.2, 0.25) is 0 Å². The maximum Gasteiger partial charge on any atom is 0.259 e. The van der Waals surface area contributed by atoms with E-state index in [1.54, 1.807) is 11.3 Å². The normalized spacial score (nSPS) is 11.9. The summed E-state index contributed by atoms with van der Waals surface area (Å²) in [5.41, 5.74) is 5.43. The van der Waals surface area contributed by atoms with Gasteiger partial charge >= 0.3 is 0 Å². The molecule has 0 bridgehead atoms.